The van der Waals surface area contributed by atoms with Gasteiger partial charge in [-0.2, -0.15) is 13.2 Å². The maximum Gasteiger partial charge on any atom is 0.416 e. The summed E-state index contributed by atoms with van der Waals surface area (Å²) >= 11 is 1.56. The van der Waals surface area contributed by atoms with Crippen LogP contribution in [0, 0.1) is 6.92 Å². The van der Waals surface area contributed by atoms with Crippen molar-refractivity contribution in [2.75, 3.05) is 45.3 Å². The van der Waals surface area contributed by atoms with Crippen LogP contribution in [-0.4, -0.2) is 56.2 Å². The van der Waals surface area contributed by atoms with Crippen LogP contribution in [0.5, 0.6) is 0 Å². The molecule has 1 saturated heterocycles. The number of alkyl halides is 3. The van der Waals surface area contributed by atoms with Gasteiger partial charge in [-0.1, -0.05) is 6.07 Å². The monoisotopic (exact) mass is 569 g/mol. The zero-order valence-corrected chi connectivity index (χ0v) is 20.8. The highest BCUT2D eigenvalue weighted by Crippen LogP contribution is 2.35. The van der Waals surface area contributed by atoms with E-state index in [4.69, 9.17) is 4.74 Å². The van der Waals surface area contributed by atoms with Crippen LogP contribution in [0.2, 0.25) is 0 Å². The van der Waals surface area contributed by atoms with Crippen molar-refractivity contribution in [3.8, 4) is 0 Å². The highest BCUT2D eigenvalue weighted by molar-refractivity contribution is 14.0. The van der Waals surface area contributed by atoms with Crippen LogP contribution in [0.25, 0.3) is 0 Å². The number of anilines is 1. The molecule has 0 unspecified atom stereocenters. The van der Waals surface area contributed by atoms with Gasteiger partial charge in [0, 0.05) is 44.8 Å². The van der Waals surface area contributed by atoms with Gasteiger partial charge < -0.3 is 19.9 Å². The van der Waals surface area contributed by atoms with Crippen LogP contribution in [0.1, 0.15) is 21.8 Å². The number of nitrogens with one attached hydrogen (secondary N) is 1. The average molecular weight is 569 g/mol. The van der Waals surface area contributed by atoms with E-state index in [0.717, 1.165) is 10.7 Å². The summed E-state index contributed by atoms with van der Waals surface area (Å²) in [7, 11) is 3.44. The summed E-state index contributed by atoms with van der Waals surface area (Å²) in [5.74, 6) is 0.506. The predicted octanol–water partition coefficient (Wildman–Crippen LogP) is 4.13. The van der Waals surface area contributed by atoms with Crippen LogP contribution >= 0.6 is 35.3 Å². The molecule has 2 aromatic rings. The Morgan fingerprint density at radius 3 is 2.61 bits per heavy atom. The number of thiazole rings is 1. The first kappa shape index (κ1) is 25.7. The van der Waals surface area contributed by atoms with Gasteiger partial charge in [0.05, 0.1) is 36.0 Å². The summed E-state index contributed by atoms with van der Waals surface area (Å²) in [5.41, 5.74) is 1.01. The van der Waals surface area contributed by atoms with Crippen molar-refractivity contribution in [1.29, 1.82) is 0 Å². The number of hydrogen-bond donors (Lipinski definition) is 1. The third kappa shape index (κ3) is 6.94. The molecule has 0 amide bonds. The molecular formula is C20H27F3IN5OS. The van der Waals surface area contributed by atoms with Gasteiger partial charge in [0.15, 0.2) is 5.96 Å². The van der Waals surface area contributed by atoms with Crippen LogP contribution < -0.4 is 10.2 Å². The fourth-order valence-corrected chi connectivity index (χ4v) is 3.96. The van der Waals surface area contributed by atoms with Crippen LogP contribution in [0.15, 0.2) is 28.6 Å². The number of aliphatic imine (C=N–C) groups is 1. The molecule has 172 valence electrons. The lowest BCUT2D eigenvalue weighted by atomic mass is 10.0. The number of guanidine groups is 1. The summed E-state index contributed by atoms with van der Waals surface area (Å²) < 4.78 is 46.5. The molecular weight excluding hydrogens is 542 g/mol. The van der Waals surface area contributed by atoms with Crippen molar-refractivity contribution >= 4 is 47.0 Å². The van der Waals surface area contributed by atoms with Crippen molar-refractivity contribution in [2.45, 2.75) is 26.2 Å². The molecule has 2 heterocycles. The molecule has 1 aliphatic rings. The molecule has 1 N–H and O–H groups in total. The van der Waals surface area contributed by atoms with Crippen molar-refractivity contribution in [3.63, 3.8) is 0 Å². The van der Waals surface area contributed by atoms with E-state index in [9.17, 15) is 13.2 Å². The number of benzene rings is 1. The molecule has 0 spiro atoms. The van der Waals surface area contributed by atoms with Gasteiger partial charge in [0.1, 0.15) is 0 Å². The summed E-state index contributed by atoms with van der Waals surface area (Å²) in [6, 6.07) is 4.51. The van der Waals surface area contributed by atoms with Crippen molar-refractivity contribution in [1.82, 2.24) is 15.2 Å². The lowest BCUT2D eigenvalue weighted by molar-refractivity contribution is -0.138. The molecule has 11 heteroatoms. The van der Waals surface area contributed by atoms with E-state index in [2.05, 4.69) is 15.3 Å². The van der Waals surface area contributed by atoms with Crippen molar-refractivity contribution in [3.05, 3.63) is 45.4 Å². The molecule has 1 aliphatic heterocycles. The maximum absolute atomic E-state index is 13.7. The molecule has 0 atom stereocenters. The largest absolute Gasteiger partial charge is 0.416 e. The lowest BCUT2D eigenvalue weighted by Crippen LogP contribution is -2.38. The lowest BCUT2D eigenvalue weighted by Gasteiger charge is -2.30. The Balaban J connectivity index is 0.00000341. The van der Waals surface area contributed by atoms with Crippen LogP contribution in [-0.2, 0) is 24.0 Å². The van der Waals surface area contributed by atoms with Gasteiger partial charge in [-0.15, -0.1) is 35.3 Å². The number of nitrogens with zero attached hydrogens (tertiary/aromatic N) is 4. The second kappa shape index (κ2) is 11.3. The third-order valence-corrected chi connectivity index (χ3v) is 5.67. The summed E-state index contributed by atoms with van der Waals surface area (Å²) in [6.45, 7) is 4.68. The van der Waals surface area contributed by atoms with Gasteiger partial charge in [-0.05, 0) is 24.6 Å². The minimum Gasteiger partial charge on any atom is -0.378 e. The molecule has 0 aliphatic carbocycles. The third-order valence-electron chi connectivity index (χ3n) is 4.85. The van der Waals surface area contributed by atoms with E-state index in [0.29, 0.717) is 44.5 Å². The molecule has 1 fully saturated rings. The van der Waals surface area contributed by atoms with Crippen molar-refractivity contribution in [2.24, 2.45) is 4.99 Å². The summed E-state index contributed by atoms with van der Waals surface area (Å²) in [4.78, 5) is 12.4. The highest BCUT2D eigenvalue weighted by Gasteiger charge is 2.34. The minimum absolute atomic E-state index is 0. The molecule has 1 aromatic carbocycles. The zero-order valence-electron chi connectivity index (χ0n) is 17.7. The second-order valence-electron chi connectivity index (χ2n) is 7.05. The number of morpholine rings is 1. The molecule has 6 nitrogen and oxygen atoms in total. The molecule has 0 radical (unpaired) electrons. The van der Waals surface area contributed by atoms with Gasteiger partial charge in [-0.3, -0.25) is 4.99 Å². The number of aromatic nitrogens is 1. The number of halogens is 4. The van der Waals surface area contributed by atoms with Crippen LogP contribution in [0.3, 0.4) is 0 Å². The molecule has 0 bridgehead atoms. The quantitative estimate of drug-likeness (QED) is 0.334. The number of aryl methyl sites for hydroxylation is 1. The smallest absolute Gasteiger partial charge is 0.378 e. The number of rotatable bonds is 5. The molecule has 3 rings (SSSR count). The Kier molecular flexibility index (Phi) is 9.37. The Morgan fingerprint density at radius 1 is 1.32 bits per heavy atom. The van der Waals surface area contributed by atoms with Crippen LogP contribution in [0.4, 0.5) is 18.9 Å². The molecule has 0 saturated carbocycles. The minimum atomic E-state index is -4.44. The zero-order chi connectivity index (χ0) is 21.7. The normalized spacial score (nSPS) is 14.9. The van der Waals surface area contributed by atoms with E-state index in [1.807, 2.05) is 29.2 Å². The van der Waals surface area contributed by atoms with Crippen molar-refractivity contribution < 1.29 is 17.9 Å². The van der Waals surface area contributed by atoms with Gasteiger partial charge in [0.25, 0.3) is 0 Å². The van der Waals surface area contributed by atoms with E-state index >= 15 is 0 Å². The second-order valence-corrected chi connectivity index (χ2v) is 8.12. The Morgan fingerprint density at radius 2 is 2.03 bits per heavy atom. The standard InChI is InChI=1S/C20H26F3N5OS.HI/c1-14-26-16(13-30-14)12-27(3)19(24-2)25-11-15-4-5-17(10-18(15)20(21,22)23)28-6-8-29-9-7-28;/h4-5,10,13H,6-9,11-12H2,1-3H3,(H,24,25);1H. The van der Waals surface area contributed by atoms with E-state index in [1.165, 1.54) is 12.1 Å². The molecule has 1 aromatic heterocycles. The van der Waals surface area contributed by atoms with E-state index in [1.54, 1.807) is 24.5 Å². The first-order valence-electron chi connectivity index (χ1n) is 9.63. The fourth-order valence-electron chi connectivity index (χ4n) is 3.36. The Labute approximate surface area is 201 Å². The van der Waals surface area contributed by atoms with Gasteiger partial charge in [0.2, 0.25) is 0 Å². The number of ether oxygens (including phenoxy) is 1. The highest BCUT2D eigenvalue weighted by atomic mass is 127. The maximum atomic E-state index is 13.7. The van der Waals surface area contributed by atoms with E-state index < -0.39 is 11.7 Å². The topological polar surface area (TPSA) is 53.0 Å². The molecule has 31 heavy (non-hydrogen) atoms. The predicted molar refractivity (Wildman–Crippen MR) is 128 cm³/mol. The number of hydrogen-bond acceptors (Lipinski definition) is 5. The fraction of sp³-hybridized carbons (Fsp3) is 0.500. The van der Waals surface area contributed by atoms with E-state index in [-0.39, 0.29) is 36.1 Å². The van der Waals surface area contributed by atoms with Gasteiger partial charge in [-0.25, -0.2) is 4.98 Å². The average Bonchev–Trinajstić information content (AvgIpc) is 3.13. The van der Waals surface area contributed by atoms with Gasteiger partial charge >= 0.3 is 6.18 Å². The Hall–Kier alpha value is -1.60. The Bertz CT molecular complexity index is 884. The summed E-state index contributed by atoms with van der Waals surface area (Å²) in [6.07, 6.45) is -4.44. The summed E-state index contributed by atoms with van der Waals surface area (Å²) in [5, 5.41) is 5.97. The SMILES string of the molecule is CN=C(NCc1ccc(N2CCOCC2)cc1C(F)(F)F)N(C)Cc1csc(C)n1.I. The first-order valence-corrected chi connectivity index (χ1v) is 10.5. The first-order chi connectivity index (χ1) is 14.3.